The van der Waals surface area contributed by atoms with Gasteiger partial charge in [-0.15, -0.1) is 0 Å². The molecular weight excluding hydrogens is 347 g/mol. The SMILES string of the molecule is O=C(CC(=O)Nc1c(Cl)cccc1Cl)Nc1ccc(Cl)cc1. The van der Waals surface area contributed by atoms with Gasteiger partial charge in [0.1, 0.15) is 6.42 Å². The number of hydrogen-bond donors (Lipinski definition) is 2. The fourth-order valence-corrected chi connectivity index (χ4v) is 2.30. The highest BCUT2D eigenvalue weighted by atomic mass is 35.5. The molecule has 2 aromatic rings. The van der Waals surface area contributed by atoms with Crippen LogP contribution in [0.15, 0.2) is 42.5 Å². The summed E-state index contributed by atoms with van der Waals surface area (Å²) in [6, 6.07) is 11.4. The smallest absolute Gasteiger partial charge is 0.233 e. The maximum absolute atomic E-state index is 11.9. The molecule has 0 spiro atoms. The Balaban J connectivity index is 1.94. The van der Waals surface area contributed by atoms with E-state index < -0.39 is 11.8 Å². The van der Waals surface area contributed by atoms with Crippen molar-refractivity contribution in [2.24, 2.45) is 0 Å². The fraction of sp³-hybridized carbons (Fsp3) is 0.0667. The normalized spacial score (nSPS) is 10.1. The van der Waals surface area contributed by atoms with Gasteiger partial charge in [0, 0.05) is 10.7 Å². The molecule has 7 heteroatoms. The number of para-hydroxylation sites is 1. The largest absolute Gasteiger partial charge is 0.326 e. The summed E-state index contributed by atoms with van der Waals surface area (Å²) in [6.45, 7) is 0. The molecule has 2 N–H and O–H groups in total. The second-order valence-electron chi connectivity index (χ2n) is 4.38. The molecule has 2 aromatic carbocycles. The lowest BCUT2D eigenvalue weighted by Crippen LogP contribution is -2.21. The molecule has 0 aliphatic carbocycles. The molecule has 0 atom stereocenters. The molecule has 0 radical (unpaired) electrons. The van der Waals surface area contributed by atoms with Crippen molar-refractivity contribution < 1.29 is 9.59 Å². The second-order valence-corrected chi connectivity index (χ2v) is 5.63. The topological polar surface area (TPSA) is 58.2 Å². The van der Waals surface area contributed by atoms with Gasteiger partial charge in [-0.25, -0.2) is 0 Å². The quantitative estimate of drug-likeness (QED) is 0.785. The lowest BCUT2D eigenvalue weighted by Gasteiger charge is -2.09. The van der Waals surface area contributed by atoms with Crippen LogP contribution in [0.1, 0.15) is 6.42 Å². The molecule has 0 saturated carbocycles. The maximum Gasteiger partial charge on any atom is 0.233 e. The lowest BCUT2D eigenvalue weighted by atomic mass is 10.2. The Morgan fingerprint density at radius 2 is 1.36 bits per heavy atom. The van der Waals surface area contributed by atoms with Gasteiger partial charge in [0.15, 0.2) is 0 Å². The fourth-order valence-electron chi connectivity index (χ4n) is 1.69. The Labute approximate surface area is 142 Å². The summed E-state index contributed by atoms with van der Waals surface area (Å²) in [5.74, 6) is -0.968. The first-order chi connectivity index (χ1) is 10.5. The molecule has 0 unspecified atom stereocenters. The van der Waals surface area contributed by atoms with Gasteiger partial charge in [-0.1, -0.05) is 40.9 Å². The summed E-state index contributed by atoms with van der Waals surface area (Å²) in [7, 11) is 0. The van der Waals surface area contributed by atoms with Crippen LogP contribution in [0.5, 0.6) is 0 Å². The van der Waals surface area contributed by atoms with Crippen molar-refractivity contribution in [3.63, 3.8) is 0 Å². The Kier molecular flexibility index (Phi) is 5.66. The highest BCUT2D eigenvalue weighted by Gasteiger charge is 2.13. The van der Waals surface area contributed by atoms with E-state index in [1.54, 1.807) is 42.5 Å². The van der Waals surface area contributed by atoms with Crippen molar-refractivity contribution in [2.45, 2.75) is 6.42 Å². The Bertz CT molecular complexity index is 682. The number of anilines is 2. The van der Waals surface area contributed by atoms with E-state index in [1.165, 1.54) is 0 Å². The van der Waals surface area contributed by atoms with E-state index in [4.69, 9.17) is 34.8 Å². The number of benzene rings is 2. The molecule has 0 aliphatic heterocycles. The van der Waals surface area contributed by atoms with Crippen LogP contribution >= 0.6 is 34.8 Å². The third kappa shape index (κ3) is 4.63. The number of carbonyl (C=O) groups is 2. The zero-order valence-corrected chi connectivity index (χ0v) is 13.5. The molecule has 22 heavy (non-hydrogen) atoms. The highest BCUT2D eigenvalue weighted by Crippen LogP contribution is 2.29. The highest BCUT2D eigenvalue weighted by molar-refractivity contribution is 6.39. The van der Waals surface area contributed by atoms with Crippen LogP contribution < -0.4 is 10.6 Å². The summed E-state index contributed by atoms with van der Waals surface area (Å²) in [4.78, 5) is 23.7. The van der Waals surface area contributed by atoms with Gasteiger partial charge in [0.2, 0.25) is 11.8 Å². The first kappa shape index (κ1) is 16.6. The van der Waals surface area contributed by atoms with E-state index in [1.807, 2.05) is 0 Å². The van der Waals surface area contributed by atoms with E-state index in [9.17, 15) is 9.59 Å². The van der Waals surface area contributed by atoms with Crippen LogP contribution in [-0.2, 0) is 9.59 Å². The second kappa shape index (κ2) is 7.49. The van der Waals surface area contributed by atoms with Gasteiger partial charge < -0.3 is 10.6 Å². The predicted octanol–water partition coefficient (Wildman–Crippen LogP) is 4.61. The zero-order valence-electron chi connectivity index (χ0n) is 11.2. The van der Waals surface area contributed by atoms with Crippen LogP contribution in [0.4, 0.5) is 11.4 Å². The average molecular weight is 358 g/mol. The first-order valence-electron chi connectivity index (χ1n) is 6.25. The van der Waals surface area contributed by atoms with Crippen molar-refractivity contribution in [3.8, 4) is 0 Å². The van der Waals surface area contributed by atoms with Crippen molar-refractivity contribution in [1.82, 2.24) is 0 Å². The number of carbonyl (C=O) groups excluding carboxylic acids is 2. The minimum absolute atomic E-state index is 0.287. The van der Waals surface area contributed by atoms with E-state index >= 15 is 0 Å². The van der Waals surface area contributed by atoms with Crippen LogP contribution in [0.25, 0.3) is 0 Å². The predicted molar refractivity (Wildman–Crippen MR) is 89.8 cm³/mol. The summed E-state index contributed by atoms with van der Waals surface area (Å²) < 4.78 is 0. The van der Waals surface area contributed by atoms with Gasteiger partial charge in [-0.3, -0.25) is 9.59 Å². The minimum atomic E-state index is -0.513. The van der Waals surface area contributed by atoms with Crippen LogP contribution in [0.2, 0.25) is 15.1 Å². The van der Waals surface area contributed by atoms with E-state index in [0.29, 0.717) is 20.8 Å². The molecule has 2 rings (SSSR count). The minimum Gasteiger partial charge on any atom is -0.326 e. The standard InChI is InChI=1S/C15H11Cl3N2O2/c16-9-4-6-10(7-5-9)19-13(21)8-14(22)20-15-11(17)2-1-3-12(15)18/h1-7H,8H2,(H,19,21)(H,20,22). The third-order valence-corrected chi connectivity index (χ3v) is 3.56. The Morgan fingerprint density at radius 1 is 0.818 bits per heavy atom. The van der Waals surface area contributed by atoms with Crippen molar-refractivity contribution in [2.75, 3.05) is 10.6 Å². The van der Waals surface area contributed by atoms with Gasteiger partial charge in [0.25, 0.3) is 0 Å². The number of amides is 2. The third-order valence-electron chi connectivity index (χ3n) is 2.68. The molecule has 0 saturated heterocycles. The molecule has 114 valence electrons. The monoisotopic (exact) mass is 356 g/mol. The summed E-state index contributed by atoms with van der Waals surface area (Å²) in [5, 5.41) is 6.28. The maximum atomic E-state index is 11.9. The van der Waals surface area contributed by atoms with Crippen molar-refractivity contribution in [3.05, 3.63) is 57.5 Å². The molecule has 0 fully saturated rings. The van der Waals surface area contributed by atoms with E-state index in [0.717, 1.165) is 0 Å². The molecular formula is C15H11Cl3N2O2. The molecule has 2 amide bonds. The zero-order chi connectivity index (χ0) is 16.1. The van der Waals surface area contributed by atoms with Crippen molar-refractivity contribution in [1.29, 1.82) is 0 Å². The van der Waals surface area contributed by atoms with Crippen LogP contribution in [-0.4, -0.2) is 11.8 Å². The number of rotatable bonds is 4. The van der Waals surface area contributed by atoms with Gasteiger partial charge in [-0.05, 0) is 36.4 Å². The van der Waals surface area contributed by atoms with Gasteiger partial charge in [-0.2, -0.15) is 0 Å². The molecule has 0 heterocycles. The van der Waals surface area contributed by atoms with Gasteiger partial charge in [0.05, 0.1) is 15.7 Å². The molecule has 0 aliphatic rings. The van der Waals surface area contributed by atoms with Crippen molar-refractivity contribution >= 4 is 58.0 Å². The number of nitrogens with one attached hydrogen (secondary N) is 2. The summed E-state index contributed by atoms with van der Waals surface area (Å²) >= 11 is 17.6. The van der Waals surface area contributed by atoms with Crippen LogP contribution in [0.3, 0.4) is 0 Å². The van der Waals surface area contributed by atoms with Crippen LogP contribution in [0, 0.1) is 0 Å². The van der Waals surface area contributed by atoms with Gasteiger partial charge >= 0.3 is 0 Å². The Morgan fingerprint density at radius 3 is 1.95 bits per heavy atom. The lowest BCUT2D eigenvalue weighted by molar-refractivity contribution is -0.123. The molecule has 4 nitrogen and oxygen atoms in total. The van der Waals surface area contributed by atoms with E-state index in [-0.39, 0.29) is 12.1 Å². The summed E-state index contributed by atoms with van der Waals surface area (Å²) in [6.07, 6.45) is -0.357. The number of halogens is 3. The first-order valence-corrected chi connectivity index (χ1v) is 7.38. The average Bonchev–Trinajstić information content (AvgIpc) is 2.45. The molecule has 0 aromatic heterocycles. The molecule has 0 bridgehead atoms. The number of hydrogen-bond acceptors (Lipinski definition) is 2. The Hall–Kier alpha value is -1.75. The van der Waals surface area contributed by atoms with E-state index in [2.05, 4.69) is 10.6 Å². The summed E-state index contributed by atoms with van der Waals surface area (Å²) in [5.41, 5.74) is 0.841.